The first-order valence-electron chi connectivity index (χ1n) is 47.5. The van der Waals surface area contributed by atoms with Gasteiger partial charge in [0, 0.05) is 122 Å². The van der Waals surface area contributed by atoms with Crippen molar-refractivity contribution in [3.63, 3.8) is 0 Å². The molecule has 0 spiro atoms. The van der Waals surface area contributed by atoms with Gasteiger partial charge in [0.2, 0.25) is 0 Å². The molecule has 0 aromatic heterocycles. The van der Waals surface area contributed by atoms with Crippen LogP contribution in [0.4, 0.5) is 22.7 Å². The van der Waals surface area contributed by atoms with E-state index in [1.54, 1.807) is 99.4 Å². The molecule has 5 heterocycles. The minimum atomic E-state index is -3.71. The molecule has 0 fully saturated rings. The van der Waals surface area contributed by atoms with E-state index < -0.39 is 77.1 Å². The van der Waals surface area contributed by atoms with Gasteiger partial charge in [-0.3, -0.25) is 19.2 Å². The Hall–Kier alpha value is -8.17. The van der Waals surface area contributed by atoms with Crippen molar-refractivity contribution in [1.29, 1.82) is 0 Å². The van der Waals surface area contributed by atoms with Gasteiger partial charge in [0.25, 0.3) is 23.6 Å². The summed E-state index contributed by atoms with van der Waals surface area (Å²) in [5.41, 5.74) is 6.18. The van der Waals surface area contributed by atoms with Crippen LogP contribution < -0.4 is 26.8 Å². The van der Waals surface area contributed by atoms with E-state index in [0.717, 1.165) is 110 Å². The first-order chi connectivity index (χ1) is 63.6. The van der Waals surface area contributed by atoms with Gasteiger partial charge in [-0.1, -0.05) is 70.5 Å². The largest absolute Gasteiger partial charge is 0.268 e. The molecule has 0 N–H and O–H groups in total. The maximum atomic E-state index is 14.7. The van der Waals surface area contributed by atoms with Crippen LogP contribution in [0.15, 0.2) is 205 Å². The average molecular weight is 2090 g/mol. The Morgan fingerprint density at radius 2 is 0.534 bits per heavy atom. The molecular formula is C104H105B11BrN4O8Sn3. The zero-order valence-corrected chi connectivity index (χ0v) is 87.0. The zero-order valence-electron chi connectivity index (χ0n) is 76.8. The quantitative estimate of drug-likeness (QED) is 0.0175. The standard InChI is InChI=1S/C36H17BrN2O4.C36H16N2O4.8C4H9.B11.3Sn/c37-27-17-26-30-25(35(42)39(36(26)43)19-9-5-2-6-10-19)15-12-21-20-11-14-23-29-24(16-13-22(28(20)29)31(27)32(21)30)34(41)38(33(23)40)18-7-3-1-4-8-18;39-33-25-15-11-21-23-13-17-27-32-28(36(42)38(35(27)41)20-9-5-2-6-10-20)18-14-24(30(23)32)22-12-16-26(31(25)29(21)22)34(40)37(33)19-7-3-1-4-8-19;8*1-3-4-2;1-7-10(6)11(8(2)3)9(4)5;;;/h1-17H;1-11,13,15-18H;8*1,3-4H2,2H3;;;;. The van der Waals surface area contributed by atoms with Crippen LogP contribution in [0.3, 0.4) is 0 Å². The monoisotopic (exact) mass is 2100 g/mol. The van der Waals surface area contributed by atoms with E-state index in [4.69, 9.17) is 46.4 Å². The molecule has 131 heavy (non-hydrogen) atoms. The van der Waals surface area contributed by atoms with Gasteiger partial charge in [-0.25, -0.2) is 9.80 Å². The van der Waals surface area contributed by atoms with Crippen molar-refractivity contribution in [2.45, 2.75) is 194 Å². The molecule has 5 aliphatic heterocycles. The summed E-state index contributed by atoms with van der Waals surface area (Å²) in [6.45, 7) is 18.5. The number of nitrogens with zero attached hydrogens (tertiary/aromatic N) is 4. The average Bonchev–Trinajstić information content (AvgIpc) is 1.51. The van der Waals surface area contributed by atoms with Crippen molar-refractivity contribution in [1.82, 2.24) is 0 Å². The number of carbonyl (C=O) groups is 8. The van der Waals surface area contributed by atoms with Crippen LogP contribution in [0.5, 0.6) is 0 Å². The van der Waals surface area contributed by atoms with Crippen molar-refractivity contribution in [3.05, 3.63) is 249 Å². The number of hydrogen-bond acceptors (Lipinski definition) is 8. The summed E-state index contributed by atoms with van der Waals surface area (Å²) in [7, 11) is 33.5. The molecule has 0 saturated carbocycles. The Morgan fingerprint density at radius 3 is 0.794 bits per heavy atom. The molecule has 5 aliphatic rings. The van der Waals surface area contributed by atoms with Gasteiger partial charge in [0.15, 0.2) is 0 Å². The van der Waals surface area contributed by atoms with Gasteiger partial charge in [0.1, 0.15) is 0 Å². The Labute approximate surface area is 809 Å². The molecule has 14 aromatic rings. The second-order valence-electron chi connectivity index (χ2n) is 35.8. The summed E-state index contributed by atoms with van der Waals surface area (Å²) in [4.78, 5) is 118. The fourth-order valence-electron chi connectivity index (χ4n) is 20.8. The second kappa shape index (κ2) is 43.2. The van der Waals surface area contributed by atoms with Crippen LogP contribution in [0.25, 0.3) is 86.2 Å². The Bertz CT molecular complexity index is 6390. The number of hydrogen-bond donors (Lipinski definition) is 0. The topological polar surface area (TPSA) is 150 Å². The third-order valence-electron chi connectivity index (χ3n) is 27.4. The summed E-state index contributed by atoms with van der Waals surface area (Å²) in [5.74, 6) is -2.72. The fourth-order valence-corrected chi connectivity index (χ4v) is 56.9. The number of imide groups is 4. The number of para-hydroxylation sites is 4. The Kier molecular flexibility index (Phi) is 32.1. The summed E-state index contributed by atoms with van der Waals surface area (Å²) >= 11 is -1.64. The molecule has 0 atom stereocenters. The zero-order chi connectivity index (χ0) is 92.8. The van der Waals surface area contributed by atoms with Crippen molar-refractivity contribution in [2.75, 3.05) is 19.6 Å². The van der Waals surface area contributed by atoms with Crippen molar-refractivity contribution in [2.24, 2.45) is 0 Å². The molecule has 12 nitrogen and oxygen atoms in total. The van der Waals surface area contributed by atoms with Crippen LogP contribution in [0.2, 0.25) is 35.5 Å². The van der Waals surface area contributed by atoms with E-state index in [1.165, 1.54) is 111 Å². The predicted octanol–water partition coefficient (Wildman–Crippen LogP) is 22.5. The minimum Gasteiger partial charge on any atom is -0.268 e. The van der Waals surface area contributed by atoms with Gasteiger partial charge < -0.3 is 0 Å². The summed E-state index contributed by atoms with van der Waals surface area (Å²) in [5, 5.41) is 13.8. The SMILES string of the molecule is CCC[CH2][Sn]([CH2]CCC)[CH2]CCC.CCC[CH2][Sn]([CH2]CCC)[CH2]CCC.CCC[CH2][Sn]1([CH2]CCC)[c]2cc3c4c(ccc5c6ccc7c8c(c[c]1c(c2c45)c86)C(=O)N(c1ccccc1)C7=O)C(=O)N(c1ccccc1)C3=O.O=C1c2ccc3c4ccc5c6c(cc(Br)c(c7ccc(c2c37)C(=O)N1c1ccccc1)c64)C(=O)N(c1ccccc1)C5=O.[B][B]B([B])B(B([B])[B])B([B])[B]. The van der Waals surface area contributed by atoms with Crippen LogP contribution in [0.1, 0.15) is 241 Å². The predicted molar refractivity (Wildman–Crippen MR) is 571 cm³/mol. The number of benzene rings is 14. The second-order valence-corrected chi connectivity index (χ2v) is 65.9. The molecule has 0 unspecified atom stereocenters. The Balaban J connectivity index is 0.000000146. The smallest absolute Gasteiger partial charge is 0.266 e. The van der Waals surface area contributed by atoms with E-state index in [9.17, 15) is 38.4 Å². The summed E-state index contributed by atoms with van der Waals surface area (Å²) < 4.78 is 15.5. The van der Waals surface area contributed by atoms with Crippen molar-refractivity contribution < 1.29 is 38.4 Å². The number of carbonyl (C=O) groups excluding carboxylic acids is 8. The third kappa shape index (κ3) is 18.3. The van der Waals surface area contributed by atoms with Gasteiger partial charge in [-0.05, 0) is 70.1 Å². The minimum absolute atomic E-state index is 0.287. The fraction of sp³-hybridized carbons (Fsp3) is 0.308. The number of anilines is 4. The number of halogens is 1. The molecule has 0 aliphatic carbocycles. The molecule has 8 amide bonds. The van der Waals surface area contributed by atoms with E-state index in [1.807, 2.05) is 115 Å². The number of amides is 8. The van der Waals surface area contributed by atoms with Gasteiger partial charge in [-0.15, -0.1) is 0 Å². The van der Waals surface area contributed by atoms with E-state index in [0.29, 0.717) is 82.5 Å². The molecule has 0 bridgehead atoms. The maximum Gasteiger partial charge on any atom is 0.266 e. The van der Waals surface area contributed by atoms with E-state index in [-0.39, 0.29) is 53.6 Å². The van der Waals surface area contributed by atoms with Crippen LogP contribution in [-0.4, -0.2) is 184 Å². The normalized spacial score (nSPS) is 13.9. The van der Waals surface area contributed by atoms with Gasteiger partial charge in [-0.2, -0.15) is 0 Å². The summed E-state index contributed by atoms with van der Waals surface area (Å²) in [6.07, 6.45) is 19.8. The number of unbranched alkanes of at least 4 members (excludes halogenated alkanes) is 8. The van der Waals surface area contributed by atoms with Gasteiger partial charge >= 0.3 is 485 Å². The molecule has 641 valence electrons. The third-order valence-corrected chi connectivity index (χ3v) is 61.2. The molecule has 27 heteroatoms. The molecular weight excluding hydrogens is 1990 g/mol. The van der Waals surface area contributed by atoms with E-state index in [2.05, 4.69) is 83.5 Å². The first kappa shape index (κ1) is 97.4. The Morgan fingerprint density at radius 1 is 0.290 bits per heavy atom. The summed E-state index contributed by atoms with van der Waals surface area (Å²) in [6, 6.07) is 61.3. The van der Waals surface area contributed by atoms with Crippen LogP contribution >= 0.6 is 15.9 Å². The van der Waals surface area contributed by atoms with Crippen molar-refractivity contribution >= 4 is 316 Å². The molecule has 19 rings (SSSR count). The van der Waals surface area contributed by atoms with Crippen LogP contribution in [-0.2, 0) is 0 Å². The van der Waals surface area contributed by atoms with E-state index >= 15 is 0 Å². The first-order valence-corrected chi connectivity index (χ1v) is 67.3. The van der Waals surface area contributed by atoms with Gasteiger partial charge in [0.05, 0.1) is 16.9 Å². The molecule has 14 aromatic carbocycles. The molecule has 0 saturated heterocycles. The maximum absolute atomic E-state index is 14.7. The van der Waals surface area contributed by atoms with Crippen LogP contribution in [0, 0.1) is 0 Å². The number of rotatable bonds is 32. The van der Waals surface area contributed by atoms with Crippen molar-refractivity contribution in [3.8, 4) is 0 Å². The molecule has 15 radical (unpaired) electrons. The number of fused-ring (bicyclic) bond motifs is 3.